The molecule has 0 saturated heterocycles. The third-order valence-corrected chi connectivity index (χ3v) is 2.93. The molecule has 1 heterocycles. The molecular formula is C13H9BrFNO3. The summed E-state index contributed by atoms with van der Waals surface area (Å²) in [5.74, 6) is -0.742. The Labute approximate surface area is 117 Å². The minimum Gasteiger partial charge on any atom is -0.465 e. The molecule has 0 radical (unpaired) electrons. The van der Waals surface area contributed by atoms with E-state index in [0.29, 0.717) is 4.47 Å². The SMILES string of the molecule is COC(=O)c1cccnc1Oc1cc(F)ccc1Br. The third kappa shape index (κ3) is 3.08. The third-order valence-electron chi connectivity index (χ3n) is 2.28. The molecule has 1 aromatic carbocycles. The Morgan fingerprint density at radius 1 is 1.37 bits per heavy atom. The van der Waals surface area contributed by atoms with E-state index in [-0.39, 0.29) is 17.2 Å². The molecule has 0 bridgehead atoms. The number of rotatable bonds is 3. The molecule has 19 heavy (non-hydrogen) atoms. The number of ether oxygens (including phenoxy) is 2. The lowest BCUT2D eigenvalue weighted by molar-refractivity contribution is 0.0597. The fraction of sp³-hybridized carbons (Fsp3) is 0.0769. The van der Waals surface area contributed by atoms with E-state index in [1.54, 1.807) is 6.07 Å². The summed E-state index contributed by atoms with van der Waals surface area (Å²) in [4.78, 5) is 15.5. The molecule has 0 unspecified atom stereocenters. The van der Waals surface area contributed by atoms with Crippen LogP contribution in [0.2, 0.25) is 0 Å². The summed E-state index contributed by atoms with van der Waals surface area (Å²) < 4.78 is 23.8. The number of pyridine rings is 1. The number of carbonyl (C=O) groups is 1. The highest BCUT2D eigenvalue weighted by Gasteiger charge is 2.15. The minimum atomic E-state index is -0.573. The Morgan fingerprint density at radius 2 is 2.16 bits per heavy atom. The Bertz CT molecular complexity index is 619. The number of esters is 1. The predicted molar refractivity (Wildman–Crippen MR) is 69.8 cm³/mol. The lowest BCUT2D eigenvalue weighted by Gasteiger charge is -2.09. The van der Waals surface area contributed by atoms with Gasteiger partial charge in [0.05, 0.1) is 11.6 Å². The van der Waals surface area contributed by atoms with Crippen molar-refractivity contribution in [3.8, 4) is 11.6 Å². The molecule has 0 atom stereocenters. The van der Waals surface area contributed by atoms with Gasteiger partial charge in [-0.2, -0.15) is 0 Å². The summed E-state index contributed by atoms with van der Waals surface area (Å²) in [6, 6.07) is 7.09. The summed E-state index contributed by atoms with van der Waals surface area (Å²) in [7, 11) is 1.26. The van der Waals surface area contributed by atoms with Gasteiger partial charge in [-0.3, -0.25) is 0 Å². The highest BCUT2D eigenvalue weighted by Crippen LogP contribution is 2.31. The van der Waals surface area contributed by atoms with Gasteiger partial charge in [0.15, 0.2) is 0 Å². The summed E-state index contributed by atoms with van der Waals surface area (Å²) >= 11 is 3.23. The van der Waals surface area contributed by atoms with E-state index < -0.39 is 11.8 Å². The fourth-order valence-electron chi connectivity index (χ4n) is 1.40. The zero-order valence-corrected chi connectivity index (χ0v) is 11.5. The van der Waals surface area contributed by atoms with Gasteiger partial charge < -0.3 is 9.47 Å². The van der Waals surface area contributed by atoms with Crippen LogP contribution in [-0.2, 0) is 4.74 Å². The Hall–Kier alpha value is -1.95. The number of nitrogens with zero attached hydrogens (tertiary/aromatic N) is 1. The van der Waals surface area contributed by atoms with Crippen LogP contribution in [0.25, 0.3) is 0 Å². The minimum absolute atomic E-state index is 0.0562. The number of aromatic nitrogens is 1. The van der Waals surface area contributed by atoms with Crippen LogP contribution >= 0.6 is 15.9 Å². The molecule has 0 N–H and O–H groups in total. The fourth-order valence-corrected chi connectivity index (χ4v) is 1.72. The van der Waals surface area contributed by atoms with Crippen LogP contribution in [0.4, 0.5) is 4.39 Å². The number of benzene rings is 1. The van der Waals surface area contributed by atoms with Crippen LogP contribution in [0.5, 0.6) is 11.6 Å². The maximum atomic E-state index is 13.2. The van der Waals surface area contributed by atoms with E-state index in [2.05, 4.69) is 25.7 Å². The monoisotopic (exact) mass is 325 g/mol. The molecule has 0 spiro atoms. The molecule has 0 amide bonds. The van der Waals surface area contributed by atoms with E-state index in [1.165, 1.54) is 37.6 Å². The number of hydrogen-bond donors (Lipinski definition) is 0. The van der Waals surface area contributed by atoms with Crippen LogP contribution in [0, 0.1) is 5.82 Å². The van der Waals surface area contributed by atoms with Crippen molar-refractivity contribution in [3.63, 3.8) is 0 Å². The van der Waals surface area contributed by atoms with Crippen molar-refractivity contribution in [1.29, 1.82) is 0 Å². The summed E-state index contributed by atoms with van der Waals surface area (Å²) in [5, 5.41) is 0. The Morgan fingerprint density at radius 3 is 2.89 bits per heavy atom. The first-order valence-electron chi connectivity index (χ1n) is 5.28. The average Bonchev–Trinajstić information content (AvgIpc) is 2.42. The van der Waals surface area contributed by atoms with Crippen LogP contribution in [0.3, 0.4) is 0 Å². The lowest BCUT2D eigenvalue weighted by Crippen LogP contribution is -2.05. The van der Waals surface area contributed by atoms with Gasteiger partial charge in [0, 0.05) is 12.3 Å². The van der Waals surface area contributed by atoms with Crippen LogP contribution in [-0.4, -0.2) is 18.1 Å². The second-order valence-corrected chi connectivity index (χ2v) is 4.38. The highest BCUT2D eigenvalue weighted by atomic mass is 79.9. The quantitative estimate of drug-likeness (QED) is 0.809. The second-order valence-electron chi connectivity index (χ2n) is 3.52. The van der Waals surface area contributed by atoms with E-state index in [0.717, 1.165) is 0 Å². The number of halogens is 2. The molecule has 0 aliphatic carbocycles. The summed E-state index contributed by atoms with van der Waals surface area (Å²) in [5.41, 5.74) is 0.168. The standard InChI is InChI=1S/C13H9BrFNO3/c1-18-13(17)9-3-2-6-16-12(9)19-11-7-8(15)4-5-10(11)14/h2-7H,1H3. The maximum absolute atomic E-state index is 13.2. The first kappa shape index (κ1) is 13.5. The van der Waals surface area contributed by atoms with Crippen molar-refractivity contribution in [2.45, 2.75) is 0 Å². The molecule has 98 valence electrons. The summed E-state index contributed by atoms with van der Waals surface area (Å²) in [6.45, 7) is 0. The predicted octanol–water partition coefficient (Wildman–Crippen LogP) is 3.56. The van der Waals surface area contributed by atoms with E-state index in [4.69, 9.17) is 4.74 Å². The van der Waals surface area contributed by atoms with Crippen molar-refractivity contribution < 1.29 is 18.7 Å². The van der Waals surface area contributed by atoms with Gasteiger partial charge in [0.25, 0.3) is 0 Å². The summed E-state index contributed by atoms with van der Waals surface area (Å²) in [6.07, 6.45) is 1.47. The lowest BCUT2D eigenvalue weighted by atomic mass is 10.2. The van der Waals surface area contributed by atoms with Crippen LogP contribution < -0.4 is 4.74 Å². The highest BCUT2D eigenvalue weighted by molar-refractivity contribution is 9.10. The zero-order chi connectivity index (χ0) is 13.8. The van der Waals surface area contributed by atoms with Crippen molar-refractivity contribution in [1.82, 2.24) is 4.98 Å². The molecule has 2 rings (SSSR count). The molecule has 1 aromatic heterocycles. The maximum Gasteiger partial charge on any atom is 0.343 e. The van der Waals surface area contributed by atoms with Gasteiger partial charge in [0.1, 0.15) is 17.1 Å². The van der Waals surface area contributed by atoms with Crippen LogP contribution in [0.15, 0.2) is 41.0 Å². The van der Waals surface area contributed by atoms with Gasteiger partial charge in [-0.25, -0.2) is 14.2 Å². The number of carbonyl (C=O) groups excluding carboxylic acids is 1. The van der Waals surface area contributed by atoms with Crippen molar-refractivity contribution >= 4 is 21.9 Å². The second kappa shape index (κ2) is 5.79. The van der Waals surface area contributed by atoms with Crippen molar-refractivity contribution in [2.24, 2.45) is 0 Å². The van der Waals surface area contributed by atoms with Gasteiger partial charge in [-0.15, -0.1) is 0 Å². The molecule has 0 fully saturated rings. The molecule has 0 saturated carbocycles. The van der Waals surface area contributed by atoms with Crippen molar-refractivity contribution in [3.05, 3.63) is 52.4 Å². The topological polar surface area (TPSA) is 48.4 Å². The molecular weight excluding hydrogens is 317 g/mol. The van der Waals surface area contributed by atoms with Gasteiger partial charge in [-0.1, -0.05) is 0 Å². The molecule has 2 aromatic rings. The smallest absolute Gasteiger partial charge is 0.343 e. The van der Waals surface area contributed by atoms with E-state index in [1.807, 2.05) is 0 Å². The van der Waals surface area contributed by atoms with Crippen molar-refractivity contribution in [2.75, 3.05) is 7.11 Å². The Kier molecular flexibility index (Phi) is 4.11. The van der Waals surface area contributed by atoms with E-state index >= 15 is 0 Å². The normalized spacial score (nSPS) is 10.1. The van der Waals surface area contributed by atoms with E-state index in [9.17, 15) is 9.18 Å². The van der Waals surface area contributed by atoms with Gasteiger partial charge in [-0.05, 0) is 40.2 Å². The average molecular weight is 326 g/mol. The van der Waals surface area contributed by atoms with Gasteiger partial charge >= 0.3 is 5.97 Å². The molecule has 0 aliphatic rings. The largest absolute Gasteiger partial charge is 0.465 e. The first-order chi connectivity index (χ1) is 9.11. The number of methoxy groups -OCH3 is 1. The van der Waals surface area contributed by atoms with Crippen LogP contribution in [0.1, 0.15) is 10.4 Å². The number of hydrogen-bond acceptors (Lipinski definition) is 4. The molecule has 4 nitrogen and oxygen atoms in total. The Balaban J connectivity index is 2.38. The first-order valence-corrected chi connectivity index (χ1v) is 6.07. The van der Waals surface area contributed by atoms with Gasteiger partial charge in [0.2, 0.25) is 5.88 Å². The zero-order valence-electron chi connectivity index (χ0n) is 9.89. The molecule has 0 aliphatic heterocycles. The molecule has 6 heteroatoms.